The quantitative estimate of drug-likeness (QED) is 0.278. The van der Waals surface area contributed by atoms with Crippen LogP contribution in [0.5, 0.6) is 0 Å². The number of aromatic nitrogens is 2. The Morgan fingerprint density at radius 1 is 0.852 bits per heavy atom. The Morgan fingerprint density at radius 2 is 1.30 bits per heavy atom. The number of hydrogen-bond donors (Lipinski definition) is 2. The number of nitrogens with one attached hydrogen (secondary N) is 2. The monoisotopic (exact) mass is 372 g/mol. The van der Waals surface area contributed by atoms with Crippen LogP contribution >= 0.6 is 0 Å². The van der Waals surface area contributed by atoms with Gasteiger partial charge in [-0.15, -0.1) is 0 Å². The molecule has 0 spiro atoms. The number of anilines is 2. The summed E-state index contributed by atoms with van der Waals surface area (Å²) in [5.41, 5.74) is 5.24. The van der Waals surface area contributed by atoms with Gasteiger partial charge in [0.1, 0.15) is 0 Å². The van der Waals surface area contributed by atoms with Crippen LogP contribution in [0.4, 0.5) is 23.3 Å². The second-order valence-corrected chi connectivity index (χ2v) is 5.05. The first kappa shape index (κ1) is 19.4. The highest BCUT2D eigenvalue weighted by atomic mass is 16.6. The molecule has 0 saturated heterocycles. The Labute approximate surface area is 153 Å². The van der Waals surface area contributed by atoms with Crippen molar-refractivity contribution in [3.05, 3.63) is 56.6 Å². The summed E-state index contributed by atoms with van der Waals surface area (Å²) in [4.78, 5) is 27.6. The molecule has 0 radical (unpaired) electrons. The van der Waals surface area contributed by atoms with E-state index in [4.69, 9.17) is 0 Å². The summed E-state index contributed by atoms with van der Waals surface area (Å²) in [6.07, 6.45) is 5.33. The second-order valence-electron chi connectivity index (χ2n) is 5.05. The topological polar surface area (TPSA) is 161 Å². The molecule has 2 rings (SSSR count). The van der Waals surface area contributed by atoms with Crippen LogP contribution in [0.25, 0.3) is 0 Å². The van der Waals surface area contributed by atoms with E-state index in [0.29, 0.717) is 12.8 Å². The second kappa shape index (κ2) is 10.1. The molecule has 12 nitrogen and oxygen atoms in total. The van der Waals surface area contributed by atoms with Crippen molar-refractivity contribution in [3.8, 4) is 0 Å². The first-order chi connectivity index (χ1) is 13.1. The predicted molar refractivity (Wildman–Crippen MR) is 99.9 cm³/mol. The number of nitrogens with zero attached hydrogens (tertiary/aromatic N) is 6. The summed E-state index contributed by atoms with van der Waals surface area (Å²) in [6.45, 7) is 0. The molecule has 0 saturated carbocycles. The van der Waals surface area contributed by atoms with Crippen LogP contribution in [-0.2, 0) is 0 Å². The van der Waals surface area contributed by atoms with Crippen molar-refractivity contribution >= 4 is 35.7 Å². The fourth-order valence-electron chi connectivity index (χ4n) is 1.83. The van der Waals surface area contributed by atoms with Gasteiger partial charge in [0.15, 0.2) is 0 Å². The first-order valence-corrected chi connectivity index (χ1v) is 7.84. The van der Waals surface area contributed by atoms with Gasteiger partial charge < -0.3 is 20.2 Å². The average Bonchev–Trinajstić information content (AvgIpc) is 2.67. The fourth-order valence-corrected chi connectivity index (χ4v) is 1.83. The molecular weight excluding hydrogens is 356 g/mol. The van der Waals surface area contributed by atoms with Crippen molar-refractivity contribution in [1.82, 2.24) is 9.97 Å². The van der Waals surface area contributed by atoms with Gasteiger partial charge in [-0.1, -0.05) is 0 Å². The van der Waals surface area contributed by atoms with Crippen molar-refractivity contribution in [2.45, 2.75) is 19.3 Å². The minimum atomic E-state index is -0.578. The lowest BCUT2D eigenvalue weighted by molar-refractivity contribution is -0.389. The van der Waals surface area contributed by atoms with Crippen molar-refractivity contribution < 1.29 is 9.85 Å². The highest BCUT2D eigenvalue weighted by Crippen LogP contribution is 2.11. The van der Waals surface area contributed by atoms with Crippen molar-refractivity contribution in [1.29, 1.82) is 0 Å². The Morgan fingerprint density at radius 3 is 1.70 bits per heavy atom. The molecule has 2 heterocycles. The van der Waals surface area contributed by atoms with E-state index >= 15 is 0 Å². The zero-order valence-electron chi connectivity index (χ0n) is 14.1. The molecule has 0 aliphatic carbocycles. The molecule has 140 valence electrons. The molecule has 0 amide bonds. The van der Waals surface area contributed by atoms with E-state index in [1.165, 1.54) is 24.3 Å². The third-order valence-corrected chi connectivity index (χ3v) is 3.05. The molecule has 0 atom stereocenters. The Kier molecular flexibility index (Phi) is 7.26. The van der Waals surface area contributed by atoms with E-state index in [2.05, 4.69) is 31.0 Å². The van der Waals surface area contributed by atoms with E-state index in [-0.39, 0.29) is 23.3 Å². The van der Waals surface area contributed by atoms with Gasteiger partial charge in [-0.2, -0.15) is 10.2 Å². The van der Waals surface area contributed by atoms with E-state index in [1.807, 2.05) is 0 Å². The number of hydrazone groups is 2. The number of unbranched alkanes of at least 4 members (excludes halogenated alkanes) is 2. The third-order valence-electron chi connectivity index (χ3n) is 3.05. The van der Waals surface area contributed by atoms with E-state index in [9.17, 15) is 20.2 Å². The van der Waals surface area contributed by atoms with Crippen LogP contribution in [0, 0.1) is 20.2 Å². The molecule has 0 unspecified atom stereocenters. The maximum Gasteiger partial charge on any atom is 0.365 e. The maximum absolute atomic E-state index is 10.6. The Hall–Kier alpha value is -3.96. The minimum absolute atomic E-state index is 0.253. The van der Waals surface area contributed by atoms with Gasteiger partial charge >= 0.3 is 11.6 Å². The van der Waals surface area contributed by atoms with E-state index in [1.54, 1.807) is 24.6 Å². The maximum atomic E-state index is 10.6. The molecule has 27 heavy (non-hydrogen) atoms. The molecule has 2 aromatic rings. The lowest BCUT2D eigenvalue weighted by Crippen LogP contribution is -1.97. The SMILES string of the molecule is O=[N+]([O-])c1cccc(N/N=C/CCC/C=N/Nc2cccc([N+](=O)[O-])n2)n1. The molecule has 12 heteroatoms. The summed E-state index contributed by atoms with van der Waals surface area (Å²) in [5, 5.41) is 29.1. The Bertz CT molecular complexity index is 786. The van der Waals surface area contributed by atoms with Gasteiger partial charge in [0.25, 0.3) is 11.6 Å². The fraction of sp³-hybridized carbons (Fsp3) is 0.200. The van der Waals surface area contributed by atoms with Crippen molar-refractivity contribution in [3.63, 3.8) is 0 Å². The van der Waals surface area contributed by atoms with E-state index < -0.39 is 9.85 Å². The Balaban J connectivity index is 1.65. The van der Waals surface area contributed by atoms with Crippen LogP contribution in [0.15, 0.2) is 46.6 Å². The van der Waals surface area contributed by atoms with Gasteiger partial charge in [-0.05, 0) is 51.2 Å². The molecule has 2 aromatic heterocycles. The molecule has 0 aliphatic heterocycles. The van der Waals surface area contributed by atoms with Gasteiger partial charge in [0.2, 0.25) is 0 Å². The first-order valence-electron chi connectivity index (χ1n) is 7.84. The molecular formula is C15H16N8O4. The molecule has 2 N–H and O–H groups in total. The van der Waals surface area contributed by atoms with Crippen molar-refractivity contribution in [2.24, 2.45) is 10.2 Å². The molecule has 0 bridgehead atoms. The van der Waals surface area contributed by atoms with Crippen LogP contribution in [0.2, 0.25) is 0 Å². The molecule has 0 aliphatic rings. The summed E-state index contributed by atoms with van der Waals surface area (Å²) in [6, 6.07) is 8.78. The lowest BCUT2D eigenvalue weighted by atomic mass is 10.3. The number of hydrogen-bond acceptors (Lipinski definition) is 10. The molecule has 0 aromatic carbocycles. The van der Waals surface area contributed by atoms with Gasteiger partial charge in [-0.3, -0.25) is 0 Å². The highest BCUT2D eigenvalue weighted by molar-refractivity contribution is 5.62. The summed E-state index contributed by atoms with van der Waals surface area (Å²) >= 11 is 0. The standard InChI is InChI=1S/C15H16N8O4/c24-22(25)14-8-4-6-12(18-14)20-16-10-2-1-3-11-17-21-13-7-5-9-15(19-13)23(26)27/h4-11H,1-3H2,(H,18,20)(H,19,21)/b16-10+,17-11+. The lowest BCUT2D eigenvalue weighted by Gasteiger charge is -1.96. The van der Waals surface area contributed by atoms with Gasteiger partial charge in [-0.25, -0.2) is 10.9 Å². The van der Waals surface area contributed by atoms with Crippen molar-refractivity contribution in [2.75, 3.05) is 10.9 Å². The van der Waals surface area contributed by atoms with Crippen LogP contribution < -0.4 is 10.9 Å². The largest absolute Gasteiger partial charge is 0.365 e. The van der Waals surface area contributed by atoms with Crippen LogP contribution in [0.1, 0.15) is 19.3 Å². The van der Waals surface area contributed by atoms with Gasteiger partial charge in [0.05, 0.1) is 0 Å². The number of pyridine rings is 2. The van der Waals surface area contributed by atoms with Crippen LogP contribution in [0.3, 0.4) is 0 Å². The van der Waals surface area contributed by atoms with Crippen LogP contribution in [-0.4, -0.2) is 32.2 Å². The number of rotatable bonds is 10. The summed E-state index contributed by atoms with van der Waals surface area (Å²) < 4.78 is 0. The highest BCUT2D eigenvalue weighted by Gasteiger charge is 2.08. The minimum Gasteiger partial charge on any atom is -0.358 e. The van der Waals surface area contributed by atoms with E-state index in [0.717, 1.165) is 6.42 Å². The molecule has 0 fully saturated rings. The zero-order chi connectivity index (χ0) is 19.5. The number of nitro groups is 2. The summed E-state index contributed by atoms with van der Waals surface area (Å²) in [7, 11) is 0. The third kappa shape index (κ3) is 6.81. The normalized spacial score (nSPS) is 11.0. The summed E-state index contributed by atoms with van der Waals surface area (Å²) in [5.74, 6) is 0.0700. The smallest absolute Gasteiger partial charge is 0.358 e. The predicted octanol–water partition coefficient (Wildman–Crippen LogP) is 2.96. The zero-order valence-corrected chi connectivity index (χ0v) is 14.1. The average molecular weight is 372 g/mol. The van der Waals surface area contributed by atoms with Gasteiger partial charge in [0, 0.05) is 36.7 Å².